The second-order valence-corrected chi connectivity index (χ2v) is 5.93. The van der Waals surface area contributed by atoms with Crippen molar-refractivity contribution in [2.24, 2.45) is 0 Å². The van der Waals surface area contributed by atoms with E-state index >= 15 is 0 Å². The van der Waals surface area contributed by atoms with E-state index in [4.69, 9.17) is 0 Å². The van der Waals surface area contributed by atoms with Crippen molar-refractivity contribution in [1.82, 2.24) is 10.2 Å². The normalized spacial score (nSPS) is 32.2. The van der Waals surface area contributed by atoms with Gasteiger partial charge in [0, 0.05) is 17.6 Å². The minimum Gasteiger partial charge on any atom is -0.394 e. The molecule has 6 heteroatoms. The smallest absolute Gasteiger partial charge is 0.394 e. The van der Waals surface area contributed by atoms with Crippen LogP contribution in [-0.4, -0.2) is 53.5 Å². The Morgan fingerprint density at radius 3 is 2.47 bits per heavy atom. The Morgan fingerprint density at radius 2 is 2.00 bits per heavy atom. The van der Waals surface area contributed by atoms with Gasteiger partial charge in [0.05, 0.1) is 13.2 Å². The van der Waals surface area contributed by atoms with Crippen molar-refractivity contribution < 1.29 is 18.3 Å². The van der Waals surface area contributed by atoms with Crippen molar-refractivity contribution in [2.75, 3.05) is 19.7 Å². The third kappa shape index (κ3) is 4.07. The van der Waals surface area contributed by atoms with Crippen LogP contribution in [0.2, 0.25) is 0 Å². The van der Waals surface area contributed by atoms with Crippen molar-refractivity contribution >= 4 is 0 Å². The highest BCUT2D eigenvalue weighted by atomic mass is 19.4. The van der Waals surface area contributed by atoms with Crippen LogP contribution in [0.4, 0.5) is 13.2 Å². The Hall–Kier alpha value is -0.330. The summed E-state index contributed by atoms with van der Waals surface area (Å²) < 4.78 is 37.6. The summed E-state index contributed by atoms with van der Waals surface area (Å²) in [6.07, 6.45) is 0.191. The van der Waals surface area contributed by atoms with Gasteiger partial charge in [0.15, 0.2) is 0 Å². The van der Waals surface area contributed by atoms with Gasteiger partial charge in [0.25, 0.3) is 0 Å². The summed E-state index contributed by atoms with van der Waals surface area (Å²) in [5, 5.41) is 13.0. The quantitative estimate of drug-likeness (QED) is 0.780. The van der Waals surface area contributed by atoms with Gasteiger partial charge in [-0.3, -0.25) is 4.90 Å². The second-order valence-electron chi connectivity index (χ2n) is 5.93. The zero-order valence-corrected chi connectivity index (χ0v) is 11.3. The first-order valence-corrected chi connectivity index (χ1v) is 7.07. The molecule has 0 radical (unpaired) electrons. The Kier molecular flexibility index (Phi) is 4.42. The van der Waals surface area contributed by atoms with E-state index in [0.29, 0.717) is 19.0 Å². The fourth-order valence-corrected chi connectivity index (χ4v) is 3.12. The molecule has 2 aliphatic rings. The summed E-state index contributed by atoms with van der Waals surface area (Å²) in [7, 11) is 0. The summed E-state index contributed by atoms with van der Waals surface area (Å²) in [5.74, 6) is 0. The van der Waals surface area contributed by atoms with E-state index < -0.39 is 12.7 Å². The van der Waals surface area contributed by atoms with Crippen LogP contribution >= 0.6 is 0 Å². The van der Waals surface area contributed by atoms with Gasteiger partial charge >= 0.3 is 6.18 Å². The molecule has 0 aromatic heterocycles. The summed E-state index contributed by atoms with van der Waals surface area (Å²) in [4.78, 5) is 1.49. The van der Waals surface area contributed by atoms with Gasteiger partial charge in [-0.25, -0.2) is 0 Å². The van der Waals surface area contributed by atoms with Crippen molar-refractivity contribution in [3.8, 4) is 0 Å². The lowest BCUT2D eigenvalue weighted by atomic mass is 9.98. The molecule has 2 N–H and O–H groups in total. The molecule has 0 aliphatic heterocycles. The molecule has 0 saturated heterocycles. The topological polar surface area (TPSA) is 35.5 Å². The molecule has 0 bridgehead atoms. The second kappa shape index (κ2) is 5.58. The van der Waals surface area contributed by atoms with Crippen LogP contribution in [0.1, 0.15) is 39.0 Å². The van der Waals surface area contributed by atoms with Crippen molar-refractivity contribution in [3.63, 3.8) is 0 Å². The lowest BCUT2D eigenvalue weighted by Gasteiger charge is -2.32. The maximum absolute atomic E-state index is 12.5. The van der Waals surface area contributed by atoms with Crippen LogP contribution in [0.25, 0.3) is 0 Å². The zero-order valence-electron chi connectivity index (χ0n) is 11.3. The molecular formula is C13H23F3N2O. The molecule has 0 spiro atoms. The number of aliphatic hydroxyl groups is 1. The molecule has 0 aromatic rings. The third-order valence-electron chi connectivity index (χ3n) is 4.28. The van der Waals surface area contributed by atoms with Crippen molar-refractivity contribution in [3.05, 3.63) is 0 Å². The summed E-state index contributed by atoms with van der Waals surface area (Å²) in [5.41, 5.74) is -0.356. The highest BCUT2D eigenvalue weighted by molar-refractivity contribution is 5.03. The number of hydrogen-bond donors (Lipinski definition) is 2. The van der Waals surface area contributed by atoms with Gasteiger partial charge in [-0.05, 0) is 38.6 Å². The molecule has 2 unspecified atom stereocenters. The molecule has 2 aliphatic carbocycles. The van der Waals surface area contributed by atoms with E-state index in [1.807, 2.05) is 0 Å². The Morgan fingerprint density at radius 1 is 1.32 bits per heavy atom. The predicted octanol–water partition coefficient (Wildman–Crippen LogP) is 1.91. The average molecular weight is 280 g/mol. The first kappa shape index (κ1) is 15.1. The van der Waals surface area contributed by atoms with Gasteiger partial charge < -0.3 is 10.4 Å². The largest absolute Gasteiger partial charge is 0.401 e. The van der Waals surface area contributed by atoms with E-state index in [2.05, 4.69) is 5.32 Å². The standard InChI is InChI=1S/C13H23F3N2O/c1-2-18(8-13(14,15)16)11-5-6-12(7-11,9-19)17-10-3-4-10/h10-11,17,19H,2-9H2,1H3. The Bertz CT molecular complexity index is 307. The maximum Gasteiger partial charge on any atom is 0.401 e. The minimum absolute atomic E-state index is 0.0174. The number of nitrogens with one attached hydrogen (secondary N) is 1. The number of halogens is 3. The number of alkyl halides is 3. The molecule has 0 heterocycles. The van der Waals surface area contributed by atoms with E-state index in [0.717, 1.165) is 25.7 Å². The third-order valence-corrected chi connectivity index (χ3v) is 4.28. The van der Waals surface area contributed by atoms with Crippen LogP contribution < -0.4 is 5.32 Å². The number of hydrogen-bond acceptors (Lipinski definition) is 3. The number of aliphatic hydroxyl groups excluding tert-OH is 1. The Balaban J connectivity index is 1.94. The van der Waals surface area contributed by atoms with Gasteiger partial charge in [-0.1, -0.05) is 6.92 Å². The minimum atomic E-state index is -4.15. The number of rotatable bonds is 6. The van der Waals surface area contributed by atoms with Gasteiger partial charge in [-0.15, -0.1) is 0 Å². The fourth-order valence-electron chi connectivity index (χ4n) is 3.12. The molecule has 2 saturated carbocycles. The summed E-state index contributed by atoms with van der Waals surface area (Å²) >= 11 is 0. The maximum atomic E-state index is 12.5. The molecule has 2 fully saturated rings. The van der Waals surface area contributed by atoms with Crippen LogP contribution in [-0.2, 0) is 0 Å². The van der Waals surface area contributed by atoms with Crippen molar-refractivity contribution in [2.45, 2.75) is 62.8 Å². The van der Waals surface area contributed by atoms with E-state index in [9.17, 15) is 18.3 Å². The molecule has 112 valence electrons. The van der Waals surface area contributed by atoms with Gasteiger partial charge in [0.2, 0.25) is 0 Å². The van der Waals surface area contributed by atoms with E-state index in [1.165, 1.54) is 4.90 Å². The molecule has 3 nitrogen and oxygen atoms in total. The van der Waals surface area contributed by atoms with E-state index in [-0.39, 0.29) is 18.2 Å². The average Bonchev–Trinajstić information content (AvgIpc) is 3.03. The van der Waals surface area contributed by atoms with Gasteiger partial charge in [0.1, 0.15) is 0 Å². The first-order valence-electron chi connectivity index (χ1n) is 7.07. The fraction of sp³-hybridized carbons (Fsp3) is 1.00. The lowest BCUT2D eigenvalue weighted by molar-refractivity contribution is -0.150. The number of nitrogens with zero attached hydrogens (tertiary/aromatic N) is 1. The monoisotopic (exact) mass is 280 g/mol. The highest BCUT2D eigenvalue weighted by Gasteiger charge is 2.45. The molecule has 0 amide bonds. The van der Waals surface area contributed by atoms with Crippen molar-refractivity contribution in [1.29, 1.82) is 0 Å². The van der Waals surface area contributed by atoms with Crippen LogP contribution in [0.5, 0.6) is 0 Å². The first-order chi connectivity index (χ1) is 8.87. The predicted molar refractivity (Wildman–Crippen MR) is 66.9 cm³/mol. The molecule has 2 rings (SSSR count). The van der Waals surface area contributed by atoms with Crippen LogP contribution in [0.3, 0.4) is 0 Å². The van der Waals surface area contributed by atoms with Crippen LogP contribution in [0, 0.1) is 0 Å². The Labute approximate surface area is 112 Å². The lowest BCUT2D eigenvalue weighted by Crippen LogP contribution is -2.49. The van der Waals surface area contributed by atoms with Gasteiger partial charge in [-0.2, -0.15) is 13.2 Å². The molecule has 0 aromatic carbocycles. The molecular weight excluding hydrogens is 257 g/mol. The SMILES string of the molecule is CCN(CC(F)(F)F)C1CCC(CO)(NC2CC2)C1. The van der Waals surface area contributed by atoms with Crippen LogP contribution in [0.15, 0.2) is 0 Å². The molecule has 2 atom stereocenters. The van der Waals surface area contributed by atoms with E-state index in [1.54, 1.807) is 6.92 Å². The highest BCUT2D eigenvalue weighted by Crippen LogP contribution is 2.36. The molecule has 19 heavy (non-hydrogen) atoms. The summed E-state index contributed by atoms with van der Waals surface area (Å²) in [6.45, 7) is 1.33. The summed E-state index contributed by atoms with van der Waals surface area (Å²) in [6, 6.07) is 0.383. The zero-order chi connectivity index (χ0) is 14.1.